The molecule has 1 aromatic carbocycles. The molecule has 0 saturated carbocycles. The molecule has 2 rings (SSSR count). The topological polar surface area (TPSA) is 50.7 Å². The van der Waals surface area contributed by atoms with Crippen LogP contribution in [0, 0.1) is 0 Å². The molecule has 0 amide bonds. The summed E-state index contributed by atoms with van der Waals surface area (Å²) < 4.78 is 11.3. The number of hydrogen-bond donors (Lipinski definition) is 2. The molecule has 0 aromatic heterocycles. The van der Waals surface area contributed by atoms with E-state index in [1.165, 1.54) is 0 Å². The first-order valence-corrected chi connectivity index (χ1v) is 7.14. The number of anilines is 1. The summed E-state index contributed by atoms with van der Waals surface area (Å²) in [6.07, 6.45) is 1.80. The zero-order chi connectivity index (χ0) is 13.5. The molecule has 1 heterocycles. The average molecular weight is 286 g/mol. The summed E-state index contributed by atoms with van der Waals surface area (Å²) in [6.45, 7) is 1.80. The first-order chi connectivity index (χ1) is 9.29. The van der Waals surface area contributed by atoms with Crippen molar-refractivity contribution in [2.24, 2.45) is 0 Å². The molecule has 1 fully saturated rings. The maximum atomic E-state index is 9.46. The monoisotopic (exact) mass is 285 g/mol. The fourth-order valence-corrected chi connectivity index (χ4v) is 2.09. The molecule has 2 atom stereocenters. The number of benzene rings is 1. The SMILES string of the molecule is OC(CCl)CNc1ccccc1OCC1CCCO1. The molecule has 0 radical (unpaired) electrons. The van der Waals surface area contributed by atoms with Gasteiger partial charge in [0, 0.05) is 13.2 Å². The number of aliphatic hydroxyl groups is 1. The molecule has 2 N–H and O–H groups in total. The Morgan fingerprint density at radius 1 is 1.47 bits per heavy atom. The fourth-order valence-electron chi connectivity index (χ4n) is 1.98. The standard InChI is InChI=1S/C14H20ClNO3/c15-8-11(17)9-16-13-5-1-2-6-14(13)19-10-12-4-3-7-18-12/h1-2,5-6,11-12,16-17H,3-4,7-10H2. The Balaban J connectivity index is 1.87. The van der Waals surface area contributed by atoms with E-state index in [4.69, 9.17) is 21.1 Å². The summed E-state index contributed by atoms with van der Waals surface area (Å²) in [6, 6.07) is 7.68. The number of rotatable bonds is 7. The Hall–Kier alpha value is -0.970. The van der Waals surface area contributed by atoms with E-state index in [2.05, 4.69) is 5.32 Å². The predicted octanol–water partition coefficient (Wildman–Crippen LogP) is 2.26. The van der Waals surface area contributed by atoms with E-state index in [1.807, 2.05) is 24.3 Å². The van der Waals surface area contributed by atoms with Crippen LogP contribution in [0.15, 0.2) is 24.3 Å². The normalized spacial score (nSPS) is 20.2. The van der Waals surface area contributed by atoms with Crippen LogP contribution in [0.5, 0.6) is 5.75 Å². The second kappa shape index (κ2) is 7.58. The van der Waals surface area contributed by atoms with Gasteiger partial charge >= 0.3 is 0 Å². The zero-order valence-electron chi connectivity index (χ0n) is 10.8. The molecule has 1 aliphatic heterocycles. The smallest absolute Gasteiger partial charge is 0.142 e. The zero-order valence-corrected chi connectivity index (χ0v) is 11.6. The van der Waals surface area contributed by atoms with Crippen LogP contribution in [0.3, 0.4) is 0 Å². The van der Waals surface area contributed by atoms with Gasteiger partial charge in [0.05, 0.1) is 23.8 Å². The van der Waals surface area contributed by atoms with Crippen LogP contribution in [0.1, 0.15) is 12.8 Å². The second-order valence-corrected chi connectivity index (χ2v) is 4.94. The lowest BCUT2D eigenvalue weighted by molar-refractivity contribution is 0.0682. The van der Waals surface area contributed by atoms with Gasteiger partial charge in [-0.05, 0) is 25.0 Å². The third-order valence-corrected chi connectivity index (χ3v) is 3.40. The number of hydrogen-bond acceptors (Lipinski definition) is 4. The quantitative estimate of drug-likeness (QED) is 0.755. The van der Waals surface area contributed by atoms with Crippen molar-refractivity contribution in [2.75, 3.05) is 31.0 Å². The molecule has 0 bridgehead atoms. The molecular weight excluding hydrogens is 266 g/mol. The molecule has 19 heavy (non-hydrogen) atoms. The highest BCUT2D eigenvalue weighted by Crippen LogP contribution is 2.25. The highest BCUT2D eigenvalue weighted by molar-refractivity contribution is 6.18. The van der Waals surface area contributed by atoms with Gasteiger partial charge in [-0.2, -0.15) is 0 Å². The number of alkyl halides is 1. The minimum Gasteiger partial charge on any atom is -0.489 e. The summed E-state index contributed by atoms with van der Waals surface area (Å²) in [7, 11) is 0. The number of ether oxygens (including phenoxy) is 2. The highest BCUT2D eigenvalue weighted by Gasteiger charge is 2.16. The summed E-state index contributed by atoms with van der Waals surface area (Å²) >= 11 is 5.57. The minimum atomic E-state index is -0.562. The molecular formula is C14H20ClNO3. The largest absolute Gasteiger partial charge is 0.489 e. The summed E-state index contributed by atoms with van der Waals surface area (Å²) in [4.78, 5) is 0. The number of aliphatic hydroxyl groups excluding tert-OH is 1. The molecule has 4 nitrogen and oxygen atoms in total. The van der Waals surface area contributed by atoms with E-state index in [0.29, 0.717) is 13.2 Å². The maximum absolute atomic E-state index is 9.46. The van der Waals surface area contributed by atoms with Gasteiger partial charge in [0.2, 0.25) is 0 Å². The Kier molecular flexibility index (Phi) is 5.76. The Labute approximate surface area is 118 Å². The molecule has 106 valence electrons. The molecule has 0 aliphatic carbocycles. The van der Waals surface area contributed by atoms with Crippen LogP contribution >= 0.6 is 11.6 Å². The van der Waals surface area contributed by atoms with Gasteiger partial charge in [0.1, 0.15) is 12.4 Å². The minimum absolute atomic E-state index is 0.196. The number of nitrogens with one attached hydrogen (secondary N) is 1. The van der Waals surface area contributed by atoms with Crippen LogP contribution in [-0.4, -0.2) is 43.0 Å². The average Bonchev–Trinajstić information content (AvgIpc) is 2.96. The highest BCUT2D eigenvalue weighted by atomic mass is 35.5. The maximum Gasteiger partial charge on any atom is 0.142 e. The second-order valence-electron chi connectivity index (χ2n) is 4.63. The fraction of sp³-hybridized carbons (Fsp3) is 0.571. The van der Waals surface area contributed by atoms with Gasteiger partial charge in [-0.1, -0.05) is 12.1 Å². The predicted molar refractivity (Wildman–Crippen MR) is 76.1 cm³/mol. The van der Waals surface area contributed by atoms with Gasteiger partial charge in [-0.15, -0.1) is 11.6 Å². The summed E-state index contributed by atoms with van der Waals surface area (Å²) in [5, 5.41) is 12.6. The number of para-hydroxylation sites is 2. The van der Waals surface area contributed by atoms with Crippen molar-refractivity contribution in [2.45, 2.75) is 25.0 Å². The molecule has 5 heteroatoms. The van der Waals surface area contributed by atoms with E-state index in [-0.39, 0.29) is 12.0 Å². The Morgan fingerprint density at radius 3 is 3.05 bits per heavy atom. The van der Waals surface area contributed by atoms with Crippen molar-refractivity contribution < 1.29 is 14.6 Å². The Morgan fingerprint density at radius 2 is 2.32 bits per heavy atom. The van der Waals surface area contributed by atoms with Crippen molar-refractivity contribution in [3.63, 3.8) is 0 Å². The van der Waals surface area contributed by atoms with E-state index in [1.54, 1.807) is 0 Å². The Bertz CT molecular complexity index is 383. The van der Waals surface area contributed by atoms with Gasteiger partial charge < -0.3 is 19.9 Å². The van der Waals surface area contributed by atoms with E-state index in [0.717, 1.165) is 30.9 Å². The van der Waals surface area contributed by atoms with Crippen molar-refractivity contribution >= 4 is 17.3 Å². The van der Waals surface area contributed by atoms with E-state index < -0.39 is 6.10 Å². The molecule has 2 unspecified atom stereocenters. The van der Waals surface area contributed by atoms with Gasteiger partial charge in [0.25, 0.3) is 0 Å². The molecule has 1 aromatic rings. The van der Waals surface area contributed by atoms with Crippen molar-refractivity contribution in [3.8, 4) is 5.75 Å². The van der Waals surface area contributed by atoms with Crippen LogP contribution in [0.25, 0.3) is 0 Å². The summed E-state index contributed by atoms with van der Waals surface area (Å²) in [5.74, 6) is 0.992. The van der Waals surface area contributed by atoms with Gasteiger partial charge in [-0.25, -0.2) is 0 Å². The first-order valence-electron chi connectivity index (χ1n) is 6.61. The third kappa shape index (κ3) is 4.56. The lowest BCUT2D eigenvalue weighted by Gasteiger charge is -2.16. The number of halogens is 1. The lowest BCUT2D eigenvalue weighted by Crippen LogP contribution is -2.21. The van der Waals surface area contributed by atoms with Crippen LogP contribution in [-0.2, 0) is 4.74 Å². The van der Waals surface area contributed by atoms with Crippen LogP contribution in [0.2, 0.25) is 0 Å². The van der Waals surface area contributed by atoms with Crippen molar-refractivity contribution in [1.82, 2.24) is 0 Å². The third-order valence-electron chi connectivity index (χ3n) is 3.04. The van der Waals surface area contributed by atoms with Crippen LogP contribution in [0.4, 0.5) is 5.69 Å². The molecule has 1 saturated heterocycles. The lowest BCUT2D eigenvalue weighted by atomic mass is 10.2. The van der Waals surface area contributed by atoms with Crippen molar-refractivity contribution in [1.29, 1.82) is 0 Å². The van der Waals surface area contributed by atoms with Gasteiger partial charge in [0.15, 0.2) is 0 Å². The summed E-state index contributed by atoms with van der Waals surface area (Å²) in [5.41, 5.74) is 0.865. The first kappa shape index (κ1) is 14.4. The van der Waals surface area contributed by atoms with Gasteiger partial charge in [-0.3, -0.25) is 0 Å². The van der Waals surface area contributed by atoms with E-state index >= 15 is 0 Å². The van der Waals surface area contributed by atoms with Crippen molar-refractivity contribution in [3.05, 3.63) is 24.3 Å². The van der Waals surface area contributed by atoms with E-state index in [9.17, 15) is 5.11 Å². The molecule has 0 spiro atoms. The molecule has 1 aliphatic rings. The van der Waals surface area contributed by atoms with Crippen LogP contribution < -0.4 is 10.1 Å².